The molecule has 0 fully saturated rings. The zero-order valence-electron chi connectivity index (χ0n) is 13.6. The second kappa shape index (κ2) is 8.51. The zero-order chi connectivity index (χ0) is 15.8. The minimum Gasteiger partial charge on any atom is -0.370 e. The molecule has 1 heterocycles. The number of rotatable bonds is 7. The van der Waals surface area contributed by atoms with Crippen LogP contribution in [-0.4, -0.2) is 29.0 Å². The Balaban J connectivity index is 1.81. The van der Waals surface area contributed by atoms with E-state index in [-0.39, 0.29) is 5.91 Å². The van der Waals surface area contributed by atoms with E-state index >= 15 is 0 Å². The maximum Gasteiger partial charge on any atom is 0.270 e. The summed E-state index contributed by atoms with van der Waals surface area (Å²) in [7, 11) is 0. The first kappa shape index (κ1) is 16.5. The minimum absolute atomic E-state index is 0.133. The van der Waals surface area contributed by atoms with Crippen molar-refractivity contribution in [1.29, 1.82) is 0 Å². The SMILES string of the molecule is CC(C)CNc1cc(C(=O)NCCC2=CCCCC2)ncn1. The lowest BCUT2D eigenvalue weighted by Crippen LogP contribution is -2.26. The van der Waals surface area contributed by atoms with Crippen LogP contribution in [0.3, 0.4) is 0 Å². The lowest BCUT2D eigenvalue weighted by Gasteiger charge is -2.13. The predicted octanol–water partition coefficient (Wildman–Crippen LogP) is 3.16. The molecule has 0 spiro atoms. The Morgan fingerprint density at radius 3 is 2.91 bits per heavy atom. The normalized spacial score (nSPS) is 14.6. The van der Waals surface area contributed by atoms with Gasteiger partial charge in [0.1, 0.15) is 17.8 Å². The Bertz CT molecular complexity index is 525. The van der Waals surface area contributed by atoms with E-state index in [0.29, 0.717) is 24.0 Å². The lowest BCUT2D eigenvalue weighted by atomic mass is 9.97. The summed E-state index contributed by atoms with van der Waals surface area (Å²) in [6.07, 6.45) is 9.61. The molecule has 0 saturated carbocycles. The maximum atomic E-state index is 12.1. The lowest BCUT2D eigenvalue weighted by molar-refractivity contribution is 0.0949. The Labute approximate surface area is 132 Å². The van der Waals surface area contributed by atoms with E-state index in [9.17, 15) is 4.79 Å². The highest BCUT2D eigenvalue weighted by molar-refractivity contribution is 5.92. The molecule has 0 aliphatic heterocycles. The zero-order valence-corrected chi connectivity index (χ0v) is 13.6. The molecule has 22 heavy (non-hydrogen) atoms. The molecule has 1 amide bonds. The highest BCUT2D eigenvalue weighted by Crippen LogP contribution is 2.19. The Kier molecular flexibility index (Phi) is 6.37. The number of carbonyl (C=O) groups is 1. The summed E-state index contributed by atoms with van der Waals surface area (Å²) in [5.41, 5.74) is 1.88. The van der Waals surface area contributed by atoms with Crippen molar-refractivity contribution in [2.45, 2.75) is 46.0 Å². The molecule has 1 aliphatic carbocycles. The summed E-state index contributed by atoms with van der Waals surface area (Å²) >= 11 is 0. The fourth-order valence-electron chi connectivity index (χ4n) is 2.45. The van der Waals surface area contributed by atoms with Crippen LogP contribution in [0.1, 0.15) is 56.4 Å². The molecular weight excluding hydrogens is 276 g/mol. The van der Waals surface area contributed by atoms with Gasteiger partial charge in [-0.05, 0) is 38.0 Å². The number of carbonyl (C=O) groups excluding carboxylic acids is 1. The third-order valence-corrected chi connectivity index (χ3v) is 3.71. The van der Waals surface area contributed by atoms with Crippen molar-refractivity contribution >= 4 is 11.7 Å². The van der Waals surface area contributed by atoms with E-state index in [0.717, 1.165) is 13.0 Å². The topological polar surface area (TPSA) is 66.9 Å². The number of allylic oxidation sites excluding steroid dienone is 1. The first-order chi connectivity index (χ1) is 10.6. The van der Waals surface area contributed by atoms with Crippen molar-refractivity contribution in [2.24, 2.45) is 5.92 Å². The molecule has 2 rings (SSSR count). The monoisotopic (exact) mass is 302 g/mol. The van der Waals surface area contributed by atoms with Gasteiger partial charge in [-0.3, -0.25) is 4.79 Å². The molecule has 1 aromatic heterocycles. The van der Waals surface area contributed by atoms with Crippen LogP contribution in [-0.2, 0) is 0 Å². The molecule has 0 radical (unpaired) electrons. The third-order valence-electron chi connectivity index (χ3n) is 3.71. The van der Waals surface area contributed by atoms with Crippen molar-refractivity contribution in [1.82, 2.24) is 15.3 Å². The number of hydrogen-bond acceptors (Lipinski definition) is 4. The number of nitrogens with zero attached hydrogens (tertiary/aromatic N) is 2. The van der Waals surface area contributed by atoms with Gasteiger partial charge in [-0.1, -0.05) is 25.5 Å². The number of amides is 1. The largest absolute Gasteiger partial charge is 0.370 e. The van der Waals surface area contributed by atoms with E-state index in [1.54, 1.807) is 6.07 Å². The van der Waals surface area contributed by atoms with Gasteiger partial charge in [0.2, 0.25) is 0 Å². The Hall–Kier alpha value is -1.91. The molecule has 0 aromatic carbocycles. The van der Waals surface area contributed by atoms with Crippen molar-refractivity contribution in [3.05, 3.63) is 29.7 Å². The summed E-state index contributed by atoms with van der Waals surface area (Å²) in [6, 6.07) is 1.71. The molecule has 120 valence electrons. The second-order valence-electron chi connectivity index (χ2n) is 6.18. The summed E-state index contributed by atoms with van der Waals surface area (Å²) < 4.78 is 0. The number of hydrogen-bond donors (Lipinski definition) is 2. The van der Waals surface area contributed by atoms with Crippen LogP contribution in [0.2, 0.25) is 0 Å². The van der Waals surface area contributed by atoms with Gasteiger partial charge in [0.15, 0.2) is 0 Å². The van der Waals surface area contributed by atoms with Gasteiger partial charge in [-0.2, -0.15) is 0 Å². The maximum absolute atomic E-state index is 12.1. The van der Waals surface area contributed by atoms with Crippen molar-refractivity contribution in [3.8, 4) is 0 Å². The summed E-state index contributed by atoms with van der Waals surface area (Å²) in [6.45, 7) is 5.75. The van der Waals surface area contributed by atoms with Crippen molar-refractivity contribution in [2.75, 3.05) is 18.4 Å². The van der Waals surface area contributed by atoms with Crippen molar-refractivity contribution in [3.63, 3.8) is 0 Å². The van der Waals surface area contributed by atoms with E-state index in [4.69, 9.17) is 0 Å². The fraction of sp³-hybridized carbons (Fsp3) is 0.588. The van der Waals surface area contributed by atoms with Gasteiger partial charge >= 0.3 is 0 Å². The van der Waals surface area contributed by atoms with Crippen LogP contribution in [0.25, 0.3) is 0 Å². The molecule has 1 aromatic rings. The predicted molar refractivity (Wildman–Crippen MR) is 88.9 cm³/mol. The van der Waals surface area contributed by atoms with Crippen molar-refractivity contribution < 1.29 is 4.79 Å². The van der Waals surface area contributed by atoms with Gasteiger partial charge in [0.05, 0.1) is 0 Å². The second-order valence-corrected chi connectivity index (χ2v) is 6.18. The van der Waals surface area contributed by atoms with E-state index in [2.05, 4.69) is 40.5 Å². The number of anilines is 1. The van der Waals surface area contributed by atoms with Crippen LogP contribution >= 0.6 is 0 Å². The van der Waals surface area contributed by atoms with Gasteiger partial charge in [-0.15, -0.1) is 0 Å². The average Bonchev–Trinajstić information content (AvgIpc) is 2.54. The Morgan fingerprint density at radius 2 is 2.18 bits per heavy atom. The summed E-state index contributed by atoms with van der Waals surface area (Å²) in [5, 5.41) is 6.15. The number of aromatic nitrogens is 2. The third kappa shape index (κ3) is 5.47. The molecule has 0 bridgehead atoms. The van der Waals surface area contributed by atoms with E-state index in [1.165, 1.54) is 37.6 Å². The number of nitrogens with one attached hydrogen (secondary N) is 2. The molecule has 2 N–H and O–H groups in total. The molecular formula is C17H26N4O. The highest BCUT2D eigenvalue weighted by atomic mass is 16.1. The summed E-state index contributed by atoms with van der Waals surface area (Å²) in [4.78, 5) is 20.3. The van der Waals surface area contributed by atoms with Crippen LogP contribution in [0.15, 0.2) is 24.0 Å². The van der Waals surface area contributed by atoms with E-state index < -0.39 is 0 Å². The molecule has 1 aliphatic rings. The summed E-state index contributed by atoms with van der Waals surface area (Å²) in [5.74, 6) is 1.09. The van der Waals surface area contributed by atoms with E-state index in [1.807, 2.05) is 0 Å². The van der Waals surface area contributed by atoms with Gasteiger partial charge < -0.3 is 10.6 Å². The quantitative estimate of drug-likeness (QED) is 0.759. The average molecular weight is 302 g/mol. The first-order valence-corrected chi connectivity index (χ1v) is 8.17. The molecule has 0 unspecified atom stereocenters. The minimum atomic E-state index is -0.133. The fourth-order valence-corrected chi connectivity index (χ4v) is 2.45. The first-order valence-electron chi connectivity index (χ1n) is 8.17. The smallest absolute Gasteiger partial charge is 0.270 e. The standard InChI is InChI=1S/C17H26N4O/c1-13(2)11-19-16-10-15(20-12-21-16)17(22)18-9-8-14-6-4-3-5-7-14/h6,10,12-13H,3-5,7-9,11H2,1-2H3,(H,18,22)(H,19,20,21). The van der Waals surface area contributed by atoms with Crippen LogP contribution in [0.5, 0.6) is 0 Å². The van der Waals surface area contributed by atoms with Gasteiger partial charge in [-0.25, -0.2) is 9.97 Å². The van der Waals surface area contributed by atoms with Crippen LogP contribution in [0, 0.1) is 5.92 Å². The van der Waals surface area contributed by atoms with Gasteiger partial charge in [0, 0.05) is 19.2 Å². The molecule has 5 heteroatoms. The molecule has 5 nitrogen and oxygen atoms in total. The van der Waals surface area contributed by atoms with Gasteiger partial charge in [0.25, 0.3) is 5.91 Å². The Morgan fingerprint density at radius 1 is 1.32 bits per heavy atom. The highest BCUT2D eigenvalue weighted by Gasteiger charge is 2.09. The van der Waals surface area contributed by atoms with Crippen LogP contribution < -0.4 is 10.6 Å². The molecule has 0 saturated heterocycles. The molecule has 0 atom stereocenters. The van der Waals surface area contributed by atoms with Crippen LogP contribution in [0.4, 0.5) is 5.82 Å².